The minimum absolute atomic E-state index is 0.135. The van der Waals surface area contributed by atoms with Crippen molar-refractivity contribution in [2.45, 2.75) is 79.7 Å². The lowest BCUT2D eigenvalue weighted by atomic mass is 10.0. The third-order valence-corrected chi connectivity index (χ3v) is 2.38. The van der Waals surface area contributed by atoms with Crippen molar-refractivity contribution in [3.63, 3.8) is 0 Å². The quantitative estimate of drug-likeness (QED) is 0.674. The molecule has 0 heterocycles. The molecule has 0 atom stereocenters. The summed E-state index contributed by atoms with van der Waals surface area (Å²) in [5.74, 6) is -0.794. The molecule has 0 aromatic carbocycles. The summed E-state index contributed by atoms with van der Waals surface area (Å²) in [6.07, 6.45) is 4.21. The van der Waals surface area contributed by atoms with Gasteiger partial charge in [-0.2, -0.15) is 0 Å². The van der Waals surface area contributed by atoms with Gasteiger partial charge >= 0.3 is 0 Å². The highest BCUT2D eigenvalue weighted by atomic mass is 19.3. The first-order valence-corrected chi connectivity index (χ1v) is 7.15. The van der Waals surface area contributed by atoms with Gasteiger partial charge in [-0.15, -0.1) is 0 Å². The first-order valence-electron chi connectivity index (χ1n) is 7.15. The molecule has 0 bridgehead atoms. The highest BCUT2D eigenvalue weighted by Crippen LogP contribution is 2.11. The summed E-state index contributed by atoms with van der Waals surface area (Å²) in [7, 11) is 0. The average molecular weight is 265 g/mol. The Morgan fingerprint density at radius 3 is 1.44 bits per heavy atom. The van der Waals surface area contributed by atoms with E-state index in [0.29, 0.717) is 0 Å². The Morgan fingerprint density at radius 1 is 0.889 bits per heavy atom. The second kappa shape index (κ2) is 10.7. The summed E-state index contributed by atoms with van der Waals surface area (Å²) in [6.45, 7) is 13.5. The zero-order chi connectivity index (χ0) is 14.8. The molecule has 18 heavy (non-hydrogen) atoms. The van der Waals surface area contributed by atoms with Crippen LogP contribution in [0.3, 0.4) is 0 Å². The maximum Gasteiger partial charge on any atom is 0.257 e. The number of rotatable bonds is 7. The lowest BCUT2D eigenvalue weighted by Crippen LogP contribution is -2.34. The highest BCUT2D eigenvalue weighted by Gasteiger charge is 2.20. The molecule has 0 aromatic heterocycles. The molecule has 0 unspecified atom stereocenters. The number of hydrogen-bond acceptors (Lipinski definition) is 1. The molecule has 1 nitrogen and oxygen atoms in total. The molecule has 0 spiro atoms. The smallest absolute Gasteiger partial charge is 0.257 e. The van der Waals surface area contributed by atoms with Crippen LogP contribution >= 0.6 is 0 Å². The number of nitrogens with one attached hydrogen (secondary N) is 1. The van der Waals surface area contributed by atoms with Crippen LogP contribution in [0, 0.1) is 11.8 Å². The minimum Gasteiger partial charge on any atom is -0.309 e. The van der Waals surface area contributed by atoms with E-state index in [1.54, 1.807) is 0 Å². The molecule has 0 aliphatic carbocycles. The highest BCUT2D eigenvalue weighted by molar-refractivity contribution is 4.63. The lowest BCUT2D eigenvalue weighted by Gasteiger charge is -2.13. The van der Waals surface area contributed by atoms with Crippen LogP contribution in [0.1, 0.15) is 67.7 Å². The Labute approximate surface area is 113 Å². The lowest BCUT2D eigenvalue weighted by molar-refractivity contribution is 0.0209. The SMILES string of the molecule is CC(C)CCCC(C)C.CC(C)NCC(C)(F)F. The van der Waals surface area contributed by atoms with Gasteiger partial charge in [-0.3, -0.25) is 0 Å². The van der Waals surface area contributed by atoms with Gasteiger partial charge in [0.15, 0.2) is 0 Å². The predicted molar refractivity (Wildman–Crippen MR) is 77.3 cm³/mol. The van der Waals surface area contributed by atoms with Crippen LogP contribution in [-0.2, 0) is 0 Å². The second-order valence-corrected chi connectivity index (χ2v) is 6.32. The standard InChI is InChI=1S/C9H20.C6H13F2N/c1-8(2)6-5-7-9(3)4;1-5(2)9-4-6(3,7)8/h8-9H,5-7H2,1-4H3;5,9H,4H2,1-3H3. The van der Waals surface area contributed by atoms with E-state index < -0.39 is 5.92 Å². The first kappa shape index (κ1) is 20.1. The van der Waals surface area contributed by atoms with Crippen molar-refractivity contribution in [1.82, 2.24) is 5.32 Å². The fourth-order valence-corrected chi connectivity index (χ4v) is 1.32. The van der Waals surface area contributed by atoms with E-state index >= 15 is 0 Å². The summed E-state index contributed by atoms with van der Waals surface area (Å²) in [6, 6.07) is 0.135. The molecular formula is C15H33F2N. The van der Waals surface area contributed by atoms with Gasteiger partial charge in [0.1, 0.15) is 0 Å². The molecule has 0 rings (SSSR count). The van der Waals surface area contributed by atoms with Crippen molar-refractivity contribution in [2.24, 2.45) is 11.8 Å². The molecule has 0 aliphatic heterocycles. The van der Waals surface area contributed by atoms with Crippen LogP contribution in [0.25, 0.3) is 0 Å². The van der Waals surface area contributed by atoms with E-state index in [9.17, 15) is 8.78 Å². The summed E-state index contributed by atoms with van der Waals surface area (Å²) < 4.78 is 24.0. The topological polar surface area (TPSA) is 12.0 Å². The van der Waals surface area contributed by atoms with Gasteiger partial charge in [-0.25, -0.2) is 8.78 Å². The molecular weight excluding hydrogens is 232 g/mol. The molecule has 112 valence electrons. The van der Waals surface area contributed by atoms with Crippen molar-refractivity contribution < 1.29 is 8.78 Å². The normalized spacial score (nSPS) is 12.0. The fourth-order valence-electron chi connectivity index (χ4n) is 1.32. The molecule has 0 saturated heterocycles. The van der Waals surface area contributed by atoms with Gasteiger partial charge in [-0.05, 0) is 11.8 Å². The van der Waals surface area contributed by atoms with Crippen LogP contribution in [0.2, 0.25) is 0 Å². The zero-order valence-corrected chi connectivity index (χ0v) is 13.3. The van der Waals surface area contributed by atoms with Crippen molar-refractivity contribution in [2.75, 3.05) is 6.54 Å². The summed E-state index contributed by atoms with van der Waals surface area (Å²) >= 11 is 0. The fraction of sp³-hybridized carbons (Fsp3) is 1.00. The number of halogens is 2. The van der Waals surface area contributed by atoms with E-state index in [-0.39, 0.29) is 12.6 Å². The van der Waals surface area contributed by atoms with Crippen LogP contribution < -0.4 is 5.32 Å². The summed E-state index contributed by atoms with van der Waals surface area (Å²) in [4.78, 5) is 0. The van der Waals surface area contributed by atoms with Crippen LogP contribution in [0.5, 0.6) is 0 Å². The Hall–Kier alpha value is -0.180. The van der Waals surface area contributed by atoms with Gasteiger partial charge in [0, 0.05) is 13.0 Å². The van der Waals surface area contributed by atoms with Crippen LogP contribution in [-0.4, -0.2) is 18.5 Å². The van der Waals surface area contributed by atoms with Gasteiger partial charge in [0.05, 0.1) is 6.54 Å². The molecule has 0 aliphatic rings. The van der Waals surface area contributed by atoms with E-state index in [1.807, 2.05) is 13.8 Å². The molecule has 0 saturated carbocycles. The Morgan fingerprint density at radius 2 is 1.28 bits per heavy atom. The molecule has 0 fully saturated rings. The van der Waals surface area contributed by atoms with E-state index in [4.69, 9.17) is 0 Å². The van der Waals surface area contributed by atoms with E-state index in [2.05, 4.69) is 33.0 Å². The van der Waals surface area contributed by atoms with E-state index in [1.165, 1.54) is 19.3 Å². The molecule has 3 heteroatoms. The van der Waals surface area contributed by atoms with Crippen LogP contribution in [0.4, 0.5) is 8.78 Å². The molecule has 0 amide bonds. The predicted octanol–water partition coefficient (Wildman–Crippen LogP) is 5.11. The largest absolute Gasteiger partial charge is 0.309 e. The Bertz CT molecular complexity index is 164. The average Bonchev–Trinajstić information content (AvgIpc) is 2.13. The molecule has 1 N–H and O–H groups in total. The van der Waals surface area contributed by atoms with Gasteiger partial charge < -0.3 is 5.32 Å². The molecule has 0 aromatic rings. The van der Waals surface area contributed by atoms with Crippen molar-refractivity contribution in [3.05, 3.63) is 0 Å². The van der Waals surface area contributed by atoms with Crippen LogP contribution in [0.15, 0.2) is 0 Å². The third-order valence-electron chi connectivity index (χ3n) is 2.38. The Balaban J connectivity index is 0. The van der Waals surface area contributed by atoms with Crippen molar-refractivity contribution in [3.8, 4) is 0 Å². The maximum atomic E-state index is 12.0. The minimum atomic E-state index is -2.58. The monoisotopic (exact) mass is 265 g/mol. The summed E-state index contributed by atoms with van der Waals surface area (Å²) in [5.41, 5.74) is 0. The van der Waals surface area contributed by atoms with Crippen molar-refractivity contribution in [1.29, 1.82) is 0 Å². The number of hydrogen-bond donors (Lipinski definition) is 1. The second-order valence-electron chi connectivity index (χ2n) is 6.32. The van der Waals surface area contributed by atoms with Gasteiger partial charge in [-0.1, -0.05) is 60.8 Å². The van der Waals surface area contributed by atoms with Crippen molar-refractivity contribution >= 4 is 0 Å². The maximum absolute atomic E-state index is 12.0. The van der Waals surface area contributed by atoms with Gasteiger partial charge in [0.25, 0.3) is 5.92 Å². The molecule has 0 radical (unpaired) electrons. The number of alkyl halides is 2. The van der Waals surface area contributed by atoms with Gasteiger partial charge in [0.2, 0.25) is 0 Å². The zero-order valence-electron chi connectivity index (χ0n) is 13.3. The first-order chi connectivity index (χ1) is 8.04. The van der Waals surface area contributed by atoms with E-state index in [0.717, 1.165) is 18.8 Å². The third kappa shape index (κ3) is 24.9. The Kier molecular flexibility index (Phi) is 12.0. The summed E-state index contributed by atoms with van der Waals surface area (Å²) in [5, 5.41) is 2.64.